The number of carbonyl (C=O) groups is 1. The molecule has 2 aliphatic heterocycles. The maximum Gasteiger partial charge on any atom is 0.261 e. The number of pyridine rings is 1. The summed E-state index contributed by atoms with van der Waals surface area (Å²) in [4.78, 5) is 18.8. The van der Waals surface area contributed by atoms with E-state index in [0.29, 0.717) is 18.7 Å². The van der Waals surface area contributed by atoms with Crippen molar-refractivity contribution in [2.45, 2.75) is 44.4 Å². The first kappa shape index (κ1) is 20.6. The predicted molar refractivity (Wildman–Crippen MR) is 113 cm³/mol. The Morgan fingerprint density at radius 3 is 2.80 bits per heavy atom. The molecule has 4 rings (SSSR count). The number of hydrogen-bond donors (Lipinski definition) is 2. The van der Waals surface area contributed by atoms with E-state index >= 15 is 0 Å². The van der Waals surface area contributed by atoms with E-state index in [2.05, 4.69) is 15.2 Å². The Labute approximate surface area is 177 Å². The standard InChI is InChI=1S/C23H29N3O4/c1-16-2-4-20(5-3-16)29-15-19(27)14-26-10-7-18(8-11-26)25-23(28)21-12-17-6-9-24-13-22(17)30-21/h2-6,9,13,18-19,21,27H,7-8,10-12,14-15H2,1H3,(H,25,28). The molecule has 0 radical (unpaired) electrons. The van der Waals surface area contributed by atoms with Crippen molar-refractivity contribution in [2.75, 3.05) is 26.2 Å². The van der Waals surface area contributed by atoms with Crippen LogP contribution in [-0.2, 0) is 11.2 Å². The second-order valence-corrected chi connectivity index (χ2v) is 8.16. The minimum absolute atomic E-state index is 0.0591. The van der Waals surface area contributed by atoms with Crippen molar-refractivity contribution in [3.63, 3.8) is 0 Å². The zero-order chi connectivity index (χ0) is 20.9. The van der Waals surface area contributed by atoms with Gasteiger partial charge < -0.3 is 24.8 Å². The van der Waals surface area contributed by atoms with Crippen LogP contribution >= 0.6 is 0 Å². The summed E-state index contributed by atoms with van der Waals surface area (Å²) >= 11 is 0. The highest BCUT2D eigenvalue weighted by Crippen LogP contribution is 2.27. The van der Waals surface area contributed by atoms with E-state index in [0.717, 1.165) is 37.2 Å². The smallest absolute Gasteiger partial charge is 0.261 e. The monoisotopic (exact) mass is 411 g/mol. The largest absolute Gasteiger partial charge is 0.491 e. The van der Waals surface area contributed by atoms with Gasteiger partial charge in [0.2, 0.25) is 0 Å². The van der Waals surface area contributed by atoms with Crippen molar-refractivity contribution in [3.05, 3.63) is 53.9 Å². The summed E-state index contributed by atoms with van der Waals surface area (Å²) in [6.07, 6.45) is 4.68. The number of ether oxygens (including phenoxy) is 2. The number of aryl methyl sites for hydroxylation is 1. The van der Waals surface area contributed by atoms with Gasteiger partial charge >= 0.3 is 0 Å². The van der Waals surface area contributed by atoms with Gasteiger partial charge in [-0.05, 0) is 38.0 Å². The van der Waals surface area contributed by atoms with Crippen molar-refractivity contribution in [2.24, 2.45) is 0 Å². The van der Waals surface area contributed by atoms with Crippen LogP contribution in [0.1, 0.15) is 24.0 Å². The van der Waals surface area contributed by atoms with Gasteiger partial charge in [-0.25, -0.2) is 0 Å². The number of nitrogens with one attached hydrogen (secondary N) is 1. The van der Waals surface area contributed by atoms with Crippen molar-refractivity contribution in [1.82, 2.24) is 15.2 Å². The number of β-amino-alcohol motifs (C(OH)–C–C–N with tert-alkyl or cyclic N) is 1. The first-order chi connectivity index (χ1) is 14.6. The number of benzene rings is 1. The van der Waals surface area contributed by atoms with Crippen molar-refractivity contribution in [3.8, 4) is 11.5 Å². The van der Waals surface area contributed by atoms with Gasteiger partial charge in [-0.15, -0.1) is 0 Å². The molecule has 2 atom stereocenters. The lowest BCUT2D eigenvalue weighted by atomic mass is 10.0. The van der Waals surface area contributed by atoms with Crippen molar-refractivity contribution >= 4 is 5.91 Å². The summed E-state index contributed by atoms with van der Waals surface area (Å²) in [6.45, 7) is 4.54. The lowest BCUT2D eigenvalue weighted by Gasteiger charge is -2.33. The zero-order valence-electron chi connectivity index (χ0n) is 17.3. The maximum absolute atomic E-state index is 12.6. The summed E-state index contributed by atoms with van der Waals surface area (Å²) in [5.41, 5.74) is 2.21. The summed E-state index contributed by atoms with van der Waals surface area (Å²) in [7, 11) is 0. The molecular formula is C23H29N3O4. The number of rotatable bonds is 7. The molecule has 0 bridgehead atoms. The second kappa shape index (κ2) is 9.45. The Kier molecular flexibility index (Phi) is 6.50. The minimum atomic E-state index is -0.545. The molecule has 1 amide bonds. The van der Waals surface area contributed by atoms with Gasteiger partial charge in [0, 0.05) is 43.9 Å². The fourth-order valence-corrected chi connectivity index (χ4v) is 3.96. The minimum Gasteiger partial charge on any atom is -0.491 e. The quantitative estimate of drug-likeness (QED) is 0.722. The molecule has 2 aliphatic rings. The fraction of sp³-hybridized carbons (Fsp3) is 0.478. The molecule has 2 aromatic rings. The van der Waals surface area contributed by atoms with Gasteiger partial charge in [-0.3, -0.25) is 9.78 Å². The first-order valence-electron chi connectivity index (χ1n) is 10.6. The Morgan fingerprint density at radius 2 is 2.07 bits per heavy atom. The van der Waals surface area contributed by atoms with Gasteiger partial charge in [0.05, 0.1) is 6.20 Å². The molecule has 1 saturated heterocycles. The summed E-state index contributed by atoms with van der Waals surface area (Å²) < 4.78 is 11.4. The van der Waals surface area contributed by atoms with Crippen LogP contribution in [-0.4, -0.2) is 65.4 Å². The number of hydrogen-bond acceptors (Lipinski definition) is 6. The SMILES string of the molecule is Cc1ccc(OCC(O)CN2CCC(NC(=O)C3Cc4ccncc4O3)CC2)cc1. The molecule has 1 fully saturated rings. The highest BCUT2D eigenvalue weighted by atomic mass is 16.5. The molecule has 1 aromatic heterocycles. The molecule has 7 nitrogen and oxygen atoms in total. The second-order valence-electron chi connectivity index (χ2n) is 8.16. The average Bonchev–Trinajstić information content (AvgIpc) is 3.19. The van der Waals surface area contributed by atoms with Gasteiger partial charge in [0.25, 0.3) is 5.91 Å². The summed E-state index contributed by atoms with van der Waals surface area (Å²) in [5.74, 6) is 1.42. The predicted octanol–water partition coefficient (Wildman–Crippen LogP) is 1.71. The van der Waals surface area contributed by atoms with Crippen LogP contribution in [0.5, 0.6) is 11.5 Å². The Balaban J connectivity index is 1.15. The molecule has 160 valence electrons. The van der Waals surface area contributed by atoms with Crippen LogP contribution < -0.4 is 14.8 Å². The van der Waals surface area contributed by atoms with Crippen LogP contribution in [0.15, 0.2) is 42.7 Å². The highest BCUT2D eigenvalue weighted by Gasteiger charge is 2.31. The molecule has 2 unspecified atom stereocenters. The van der Waals surface area contributed by atoms with E-state index in [9.17, 15) is 9.90 Å². The van der Waals surface area contributed by atoms with Crippen molar-refractivity contribution < 1.29 is 19.4 Å². The number of aliphatic hydroxyl groups is 1. The van der Waals surface area contributed by atoms with Crippen LogP contribution in [0.4, 0.5) is 0 Å². The summed E-state index contributed by atoms with van der Waals surface area (Å²) in [6, 6.07) is 9.85. The summed E-state index contributed by atoms with van der Waals surface area (Å²) in [5, 5.41) is 13.4. The van der Waals surface area contributed by atoms with E-state index in [4.69, 9.17) is 9.47 Å². The maximum atomic E-state index is 12.6. The van der Waals surface area contributed by atoms with E-state index in [1.54, 1.807) is 12.4 Å². The van der Waals surface area contributed by atoms with Crippen LogP contribution in [0.2, 0.25) is 0 Å². The van der Waals surface area contributed by atoms with Crippen LogP contribution in [0, 0.1) is 6.92 Å². The molecule has 7 heteroatoms. The lowest BCUT2D eigenvalue weighted by Crippen LogP contribution is -2.49. The van der Waals surface area contributed by atoms with E-state index < -0.39 is 12.2 Å². The number of carbonyl (C=O) groups excluding carboxylic acids is 1. The third-order valence-corrected chi connectivity index (χ3v) is 5.70. The topological polar surface area (TPSA) is 83.9 Å². The van der Waals surface area contributed by atoms with Gasteiger partial charge in [-0.2, -0.15) is 0 Å². The number of nitrogens with zero attached hydrogens (tertiary/aromatic N) is 2. The average molecular weight is 412 g/mol. The lowest BCUT2D eigenvalue weighted by molar-refractivity contribution is -0.128. The zero-order valence-corrected chi connectivity index (χ0v) is 17.3. The number of likely N-dealkylation sites (tertiary alicyclic amines) is 1. The molecule has 3 heterocycles. The van der Waals surface area contributed by atoms with Gasteiger partial charge in [-0.1, -0.05) is 17.7 Å². The Bertz CT molecular complexity index is 825. The molecule has 0 spiro atoms. The van der Waals surface area contributed by atoms with Crippen molar-refractivity contribution in [1.29, 1.82) is 0 Å². The number of amides is 1. The molecule has 1 aromatic carbocycles. The number of fused-ring (bicyclic) bond motifs is 1. The third-order valence-electron chi connectivity index (χ3n) is 5.70. The van der Waals surface area contributed by atoms with Gasteiger partial charge in [0.15, 0.2) is 6.10 Å². The third kappa shape index (κ3) is 5.29. The Morgan fingerprint density at radius 1 is 1.30 bits per heavy atom. The normalized spacial score (nSPS) is 20.3. The van der Waals surface area contributed by atoms with E-state index in [1.165, 1.54) is 5.56 Å². The van der Waals surface area contributed by atoms with Crippen LogP contribution in [0.3, 0.4) is 0 Å². The molecule has 2 N–H and O–H groups in total. The van der Waals surface area contributed by atoms with E-state index in [1.807, 2.05) is 37.3 Å². The van der Waals surface area contributed by atoms with E-state index in [-0.39, 0.29) is 18.6 Å². The van der Waals surface area contributed by atoms with Gasteiger partial charge in [0.1, 0.15) is 24.2 Å². The molecule has 0 saturated carbocycles. The molecule has 30 heavy (non-hydrogen) atoms. The first-order valence-corrected chi connectivity index (χ1v) is 10.6. The number of piperidine rings is 1. The Hall–Kier alpha value is -2.64. The number of aromatic nitrogens is 1. The number of aliphatic hydroxyl groups excluding tert-OH is 1. The highest BCUT2D eigenvalue weighted by molar-refractivity contribution is 5.82. The fourth-order valence-electron chi connectivity index (χ4n) is 3.96. The molecule has 0 aliphatic carbocycles. The molecular weight excluding hydrogens is 382 g/mol. The van der Waals surface area contributed by atoms with Crippen LogP contribution in [0.25, 0.3) is 0 Å².